The summed E-state index contributed by atoms with van der Waals surface area (Å²) in [5, 5.41) is 0. The normalized spacial score (nSPS) is 39.5. The second kappa shape index (κ2) is 3.61. The zero-order valence-electron chi connectivity index (χ0n) is 7.27. The Morgan fingerprint density at radius 3 is 2.92 bits per heavy atom. The molecule has 74 valence electrons. The van der Waals surface area contributed by atoms with Gasteiger partial charge in [0.05, 0.1) is 25.2 Å². The molecule has 0 bridgehead atoms. The minimum atomic E-state index is -0.570. The Morgan fingerprint density at radius 1 is 1.54 bits per heavy atom. The van der Waals surface area contributed by atoms with E-state index in [1.165, 1.54) is 0 Å². The molecule has 0 spiro atoms. The van der Waals surface area contributed by atoms with Gasteiger partial charge in [0, 0.05) is 6.61 Å². The minimum Gasteiger partial charge on any atom is -0.434 e. The molecule has 0 aromatic rings. The fraction of sp³-hybridized carbons (Fsp3) is 0.875. The highest BCUT2D eigenvalue weighted by Crippen LogP contribution is 2.19. The van der Waals surface area contributed by atoms with E-state index in [2.05, 4.69) is 0 Å². The van der Waals surface area contributed by atoms with Crippen LogP contribution in [0.25, 0.3) is 0 Å². The molecule has 5 heteroatoms. The molecule has 2 heterocycles. The van der Waals surface area contributed by atoms with E-state index in [-0.39, 0.29) is 24.5 Å². The molecular formula is C8H13NO4. The van der Waals surface area contributed by atoms with E-state index in [0.717, 1.165) is 6.42 Å². The van der Waals surface area contributed by atoms with Gasteiger partial charge in [0.15, 0.2) is 0 Å². The highest BCUT2D eigenvalue weighted by molar-refractivity contribution is 5.72. The van der Waals surface area contributed by atoms with E-state index in [1.807, 2.05) is 0 Å². The molecule has 3 atom stereocenters. The van der Waals surface area contributed by atoms with Crippen LogP contribution in [0.15, 0.2) is 0 Å². The molecule has 0 aromatic heterocycles. The molecule has 2 saturated heterocycles. The van der Waals surface area contributed by atoms with Crippen LogP contribution in [0.4, 0.5) is 0 Å². The van der Waals surface area contributed by atoms with Gasteiger partial charge in [-0.05, 0) is 6.42 Å². The third kappa shape index (κ3) is 1.99. The van der Waals surface area contributed by atoms with E-state index in [1.54, 1.807) is 0 Å². The zero-order chi connectivity index (χ0) is 9.26. The number of cyclic esters (lactones) is 1. The highest BCUT2D eigenvalue weighted by atomic mass is 16.7. The first-order valence-corrected chi connectivity index (χ1v) is 4.44. The topological polar surface area (TPSA) is 70.8 Å². The van der Waals surface area contributed by atoms with E-state index in [4.69, 9.17) is 19.9 Å². The summed E-state index contributed by atoms with van der Waals surface area (Å²) in [5.41, 5.74) is 5.64. The summed E-state index contributed by atoms with van der Waals surface area (Å²) in [5.74, 6) is -0.281. The Hall–Kier alpha value is -0.650. The van der Waals surface area contributed by atoms with Crippen molar-refractivity contribution < 1.29 is 19.0 Å². The Balaban J connectivity index is 1.83. The molecule has 2 rings (SSSR count). The molecule has 0 aliphatic carbocycles. The van der Waals surface area contributed by atoms with Crippen LogP contribution in [-0.4, -0.2) is 37.6 Å². The van der Waals surface area contributed by atoms with Crippen molar-refractivity contribution in [1.82, 2.24) is 0 Å². The Bertz CT molecular complexity index is 202. The summed E-state index contributed by atoms with van der Waals surface area (Å²) in [6.45, 7) is 1.28. The summed E-state index contributed by atoms with van der Waals surface area (Å²) in [4.78, 5) is 10.8. The van der Waals surface area contributed by atoms with Gasteiger partial charge in [0.2, 0.25) is 6.29 Å². The maximum atomic E-state index is 10.8. The molecule has 0 radical (unpaired) electrons. The number of carbonyl (C=O) groups excluding carboxylic acids is 1. The molecule has 5 nitrogen and oxygen atoms in total. The number of hydrogen-bond acceptors (Lipinski definition) is 5. The van der Waals surface area contributed by atoms with Crippen molar-refractivity contribution in [3.05, 3.63) is 0 Å². The standard InChI is InChI=1S/C8H13NO4/c9-6-3-7(10)13-8(6)12-5-1-2-11-4-5/h5-6,8H,1-4,9H2. The summed E-state index contributed by atoms with van der Waals surface area (Å²) < 4.78 is 15.5. The van der Waals surface area contributed by atoms with E-state index in [0.29, 0.717) is 13.2 Å². The molecule has 0 saturated carbocycles. The molecule has 3 unspecified atom stereocenters. The molecular weight excluding hydrogens is 174 g/mol. The van der Waals surface area contributed by atoms with E-state index >= 15 is 0 Å². The second-order valence-electron chi connectivity index (χ2n) is 3.35. The molecule has 13 heavy (non-hydrogen) atoms. The number of rotatable bonds is 2. The Kier molecular flexibility index (Phi) is 2.48. The first kappa shape index (κ1) is 8.93. The van der Waals surface area contributed by atoms with Crippen LogP contribution in [-0.2, 0) is 19.0 Å². The van der Waals surface area contributed by atoms with Crippen LogP contribution in [0, 0.1) is 0 Å². The summed E-state index contributed by atoms with van der Waals surface area (Å²) >= 11 is 0. The number of nitrogens with two attached hydrogens (primary N) is 1. The maximum absolute atomic E-state index is 10.8. The van der Waals surface area contributed by atoms with Gasteiger partial charge in [0.25, 0.3) is 0 Å². The molecule has 0 amide bonds. The SMILES string of the molecule is NC1CC(=O)OC1OC1CCOC1. The second-order valence-corrected chi connectivity index (χ2v) is 3.35. The van der Waals surface area contributed by atoms with Crippen molar-refractivity contribution in [2.75, 3.05) is 13.2 Å². The molecule has 2 fully saturated rings. The lowest BCUT2D eigenvalue weighted by atomic mass is 10.2. The lowest BCUT2D eigenvalue weighted by Crippen LogP contribution is -2.35. The van der Waals surface area contributed by atoms with Crippen LogP contribution in [0.3, 0.4) is 0 Å². The van der Waals surface area contributed by atoms with Gasteiger partial charge in [0.1, 0.15) is 0 Å². The van der Waals surface area contributed by atoms with Gasteiger partial charge in [-0.3, -0.25) is 4.79 Å². The number of esters is 1. The largest absolute Gasteiger partial charge is 0.434 e. The fourth-order valence-corrected chi connectivity index (χ4v) is 1.49. The van der Waals surface area contributed by atoms with Crippen LogP contribution in [0.1, 0.15) is 12.8 Å². The number of ether oxygens (including phenoxy) is 3. The van der Waals surface area contributed by atoms with Crippen molar-refractivity contribution in [3.63, 3.8) is 0 Å². The fourth-order valence-electron chi connectivity index (χ4n) is 1.49. The molecule has 0 aromatic carbocycles. The van der Waals surface area contributed by atoms with Gasteiger partial charge in [-0.2, -0.15) is 0 Å². The van der Waals surface area contributed by atoms with E-state index in [9.17, 15) is 4.79 Å². The lowest BCUT2D eigenvalue weighted by Gasteiger charge is -2.18. The third-order valence-corrected chi connectivity index (χ3v) is 2.21. The average Bonchev–Trinajstić information content (AvgIpc) is 2.63. The van der Waals surface area contributed by atoms with Crippen LogP contribution in [0.5, 0.6) is 0 Å². The van der Waals surface area contributed by atoms with Crippen molar-refractivity contribution in [2.45, 2.75) is 31.3 Å². The predicted octanol–water partition coefficient (Wildman–Crippen LogP) is -0.608. The van der Waals surface area contributed by atoms with Crippen LogP contribution >= 0.6 is 0 Å². The maximum Gasteiger partial charge on any atom is 0.309 e. The zero-order valence-corrected chi connectivity index (χ0v) is 7.27. The lowest BCUT2D eigenvalue weighted by molar-refractivity contribution is -0.174. The number of carbonyl (C=O) groups is 1. The van der Waals surface area contributed by atoms with Crippen molar-refractivity contribution in [2.24, 2.45) is 5.73 Å². The Labute approximate surface area is 76.1 Å². The summed E-state index contributed by atoms with van der Waals surface area (Å²) in [6, 6.07) is -0.326. The van der Waals surface area contributed by atoms with E-state index < -0.39 is 6.29 Å². The van der Waals surface area contributed by atoms with Crippen LogP contribution < -0.4 is 5.73 Å². The predicted molar refractivity (Wildman–Crippen MR) is 42.8 cm³/mol. The minimum absolute atomic E-state index is 0.0296. The van der Waals surface area contributed by atoms with Gasteiger partial charge >= 0.3 is 5.97 Å². The quantitative estimate of drug-likeness (QED) is 0.584. The summed E-state index contributed by atoms with van der Waals surface area (Å²) in [7, 11) is 0. The van der Waals surface area contributed by atoms with Gasteiger partial charge < -0.3 is 19.9 Å². The summed E-state index contributed by atoms with van der Waals surface area (Å²) in [6.07, 6.45) is 0.556. The Morgan fingerprint density at radius 2 is 2.38 bits per heavy atom. The molecule has 2 aliphatic heterocycles. The monoisotopic (exact) mass is 187 g/mol. The average molecular weight is 187 g/mol. The first-order chi connectivity index (χ1) is 6.25. The van der Waals surface area contributed by atoms with Gasteiger partial charge in [-0.15, -0.1) is 0 Å². The van der Waals surface area contributed by atoms with Crippen LogP contribution in [0.2, 0.25) is 0 Å². The first-order valence-electron chi connectivity index (χ1n) is 4.44. The van der Waals surface area contributed by atoms with Crippen molar-refractivity contribution in [3.8, 4) is 0 Å². The van der Waals surface area contributed by atoms with Crippen molar-refractivity contribution >= 4 is 5.97 Å². The third-order valence-electron chi connectivity index (χ3n) is 2.21. The number of hydrogen-bond donors (Lipinski definition) is 1. The highest BCUT2D eigenvalue weighted by Gasteiger charge is 2.35. The van der Waals surface area contributed by atoms with Crippen molar-refractivity contribution in [1.29, 1.82) is 0 Å². The smallest absolute Gasteiger partial charge is 0.309 e. The molecule has 2 aliphatic rings. The molecule has 2 N–H and O–H groups in total. The van der Waals surface area contributed by atoms with Gasteiger partial charge in [-0.1, -0.05) is 0 Å². The van der Waals surface area contributed by atoms with Gasteiger partial charge in [-0.25, -0.2) is 0 Å².